The highest BCUT2D eigenvalue weighted by Crippen LogP contribution is 2.20. The van der Waals surface area contributed by atoms with E-state index in [0.717, 1.165) is 25.6 Å². The van der Waals surface area contributed by atoms with Crippen LogP contribution in [0.2, 0.25) is 0 Å². The molecule has 0 aliphatic rings. The van der Waals surface area contributed by atoms with Crippen LogP contribution >= 0.6 is 15.9 Å². The van der Waals surface area contributed by atoms with Gasteiger partial charge in [0, 0.05) is 15.5 Å². The molecule has 0 saturated carbocycles. The van der Waals surface area contributed by atoms with Crippen molar-refractivity contribution in [2.75, 3.05) is 5.32 Å². The minimum absolute atomic E-state index is 0.177. The average molecular weight is 412 g/mol. The molecule has 2 aromatic heterocycles. The first-order chi connectivity index (χ1) is 12.5. The molecule has 4 rings (SSSR count). The van der Waals surface area contributed by atoms with Gasteiger partial charge in [-0.05, 0) is 42.8 Å². The minimum Gasteiger partial charge on any atom is -0.324 e. The molecule has 0 saturated heterocycles. The lowest BCUT2D eigenvalue weighted by Gasteiger charge is -2.06. The van der Waals surface area contributed by atoms with E-state index in [4.69, 9.17) is 0 Å². The van der Waals surface area contributed by atoms with Gasteiger partial charge in [-0.15, -0.1) is 5.10 Å². The zero-order valence-corrected chi connectivity index (χ0v) is 15.4. The Bertz CT molecular complexity index is 1210. The fraction of sp³-hybridized carbons (Fsp3) is 0.111. The predicted octanol–water partition coefficient (Wildman–Crippen LogP) is 2.75. The van der Waals surface area contributed by atoms with Crippen molar-refractivity contribution < 1.29 is 4.79 Å². The molecule has 0 unspecified atom stereocenters. The molecule has 7 nitrogen and oxygen atoms in total. The standard InChI is InChI=1S/C18H14BrN5O2/c1-11-8-12(6-7-14(11)19)21-16(25)9-24-18(26)23-10-20-15-5-3-2-4-13(15)17(23)22-24/h2-8,10H,9H2,1H3,(H,21,25). The largest absolute Gasteiger partial charge is 0.352 e. The number of hydrogen-bond acceptors (Lipinski definition) is 4. The zero-order chi connectivity index (χ0) is 18.3. The summed E-state index contributed by atoms with van der Waals surface area (Å²) < 4.78 is 3.45. The molecule has 1 N–H and O–H groups in total. The molecule has 2 heterocycles. The third-order valence-corrected chi connectivity index (χ3v) is 4.95. The second kappa shape index (κ2) is 6.38. The minimum atomic E-state index is -0.402. The van der Waals surface area contributed by atoms with Crippen molar-refractivity contribution in [2.45, 2.75) is 13.5 Å². The normalized spacial score (nSPS) is 11.2. The van der Waals surface area contributed by atoms with Crippen molar-refractivity contribution in [3.63, 3.8) is 0 Å². The lowest BCUT2D eigenvalue weighted by Crippen LogP contribution is -2.28. The Kier molecular flexibility index (Phi) is 4.04. The molecule has 0 fully saturated rings. The number of rotatable bonds is 3. The summed E-state index contributed by atoms with van der Waals surface area (Å²) in [6.45, 7) is 1.76. The molecule has 0 spiro atoms. The molecule has 0 bridgehead atoms. The number of aryl methyl sites for hydroxylation is 1. The molecular weight excluding hydrogens is 398 g/mol. The van der Waals surface area contributed by atoms with Crippen LogP contribution in [0.4, 0.5) is 5.69 Å². The van der Waals surface area contributed by atoms with Crippen molar-refractivity contribution in [2.24, 2.45) is 0 Å². The number of fused-ring (bicyclic) bond motifs is 3. The number of amides is 1. The number of nitrogens with zero attached hydrogens (tertiary/aromatic N) is 4. The Morgan fingerprint density at radius 1 is 1.23 bits per heavy atom. The molecule has 0 aliphatic carbocycles. The second-order valence-corrected chi connectivity index (χ2v) is 6.76. The molecule has 130 valence electrons. The van der Waals surface area contributed by atoms with Crippen molar-refractivity contribution in [1.29, 1.82) is 0 Å². The first kappa shape index (κ1) is 16.5. The van der Waals surface area contributed by atoms with E-state index in [1.807, 2.05) is 43.3 Å². The maximum Gasteiger partial charge on any atom is 0.352 e. The molecule has 1 amide bonds. The molecule has 0 aliphatic heterocycles. The van der Waals surface area contributed by atoms with Crippen LogP contribution < -0.4 is 11.0 Å². The first-order valence-electron chi connectivity index (χ1n) is 7.92. The van der Waals surface area contributed by atoms with Gasteiger partial charge in [0.1, 0.15) is 12.9 Å². The number of carbonyl (C=O) groups excluding carboxylic acids is 1. The van der Waals surface area contributed by atoms with Gasteiger partial charge in [0.2, 0.25) is 5.91 Å². The van der Waals surface area contributed by atoms with Crippen molar-refractivity contribution in [1.82, 2.24) is 19.2 Å². The number of hydrogen-bond donors (Lipinski definition) is 1. The maximum atomic E-state index is 12.5. The van der Waals surface area contributed by atoms with Gasteiger partial charge in [0.05, 0.1) is 5.52 Å². The number of halogens is 1. The Morgan fingerprint density at radius 3 is 2.85 bits per heavy atom. The van der Waals surface area contributed by atoms with Crippen LogP contribution in [0.3, 0.4) is 0 Å². The quantitative estimate of drug-likeness (QED) is 0.561. The molecule has 8 heteroatoms. The number of anilines is 1. The highest BCUT2D eigenvalue weighted by Gasteiger charge is 2.13. The number of carbonyl (C=O) groups is 1. The summed E-state index contributed by atoms with van der Waals surface area (Å²) in [7, 11) is 0. The van der Waals surface area contributed by atoms with E-state index >= 15 is 0 Å². The number of nitrogens with one attached hydrogen (secondary N) is 1. The topological polar surface area (TPSA) is 81.3 Å². The molecule has 0 atom stereocenters. The predicted molar refractivity (Wildman–Crippen MR) is 102 cm³/mol. The maximum absolute atomic E-state index is 12.5. The highest BCUT2D eigenvalue weighted by atomic mass is 79.9. The number of para-hydroxylation sites is 1. The van der Waals surface area contributed by atoms with E-state index in [-0.39, 0.29) is 12.5 Å². The summed E-state index contributed by atoms with van der Waals surface area (Å²) in [6, 6.07) is 12.9. The lowest BCUT2D eigenvalue weighted by atomic mass is 10.2. The van der Waals surface area contributed by atoms with Gasteiger partial charge in [0.25, 0.3) is 0 Å². The molecule has 26 heavy (non-hydrogen) atoms. The summed E-state index contributed by atoms with van der Waals surface area (Å²) >= 11 is 3.42. The highest BCUT2D eigenvalue weighted by molar-refractivity contribution is 9.10. The van der Waals surface area contributed by atoms with E-state index in [2.05, 4.69) is 31.3 Å². The van der Waals surface area contributed by atoms with E-state index in [9.17, 15) is 9.59 Å². The zero-order valence-electron chi connectivity index (χ0n) is 13.8. The molecule has 2 aromatic carbocycles. The van der Waals surface area contributed by atoms with Gasteiger partial charge in [-0.25, -0.2) is 18.9 Å². The third kappa shape index (κ3) is 2.88. The SMILES string of the molecule is Cc1cc(NC(=O)Cn2nc3c4ccccc4ncn3c2=O)ccc1Br. The second-order valence-electron chi connectivity index (χ2n) is 5.91. The van der Waals surface area contributed by atoms with E-state index in [1.54, 1.807) is 6.07 Å². The number of benzene rings is 2. The van der Waals surface area contributed by atoms with Crippen LogP contribution in [0.1, 0.15) is 5.56 Å². The molecule has 0 radical (unpaired) electrons. The van der Waals surface area contributed by atoms with Gasteiger partial charge < -0.3 is 5.32 Å². The number of aromatic nitrogens is 4. The fourth-order valence-corrected chi connectivity index (χ4v) is 3.01. The Balaban J connectivity index is 1.65. The van der Waals surface area contributed by atoms with E-state index in [0.29, 0.717) is 11.3 Å². The summed E-state index contributed by atoms with van der Waals surface area (Å²) in [5, 5.41) is 7.85. The Labute approximate surface area is 156 Å². The van der Waals surface area contributed by atoms with Crippen LogP contribution in [0.5, 0.6) is 0 Å². The van der Waals surface area contributed by atoms with Crippen LogP contribution in [-0.2, 0) is 11.3 Å². The van der Waals surface area contributed by atoms with Gasteiger partial charge in [-0.1, -0.05) is 28.1 Å². The summed E-state index contributed by atoms with van der Waals surface area (Å²) in [6.07, 6.45) is 1.43. The van der Waals surface area contributed by atoms with Crippen LogP contribution in [0.15, 0.2) is 58.1 Å². The smallest absolute Gasteiger partial charge is 0.324 e. The van der Waals surface area contributed by atoms with Crippen molar-refractivity contribution in [3.05, 3.63) is 69.3 Å². The van der Waals surface area contributed by atoms with Gasteiger partial charge in [-0.3, -0.25) is 4.79 Å². The van der Waals surface area contributed by atoms with E-state index < -0.39 is 5.69 Å². The third-order valence-electron chi connectivity index (χ3n) is 4.06. The van der Waals surface area contributed by atoms with Gasteiger partial charge in [0.15, 0.2) is 5.65 Å². The monoisotopic (exact) mass is 411 g/mol. The summed E-state index contributed by atoms with van der Waals surface area (Å²) in [4.78, 5) is 29.1. The fourth-order valence-electron chi connectivity index (χ4n) is 2.77. The Morgan fingerprint density at radius 2 is 2.04 bits per heavy atom. The average Bonchev–Trinajstić information content (AvgIpc) is 2.94. The van der Waals surface area contributed by atoms with Crippen molar-refractivity contribution >= 4 is 44.1 Å². The first-order valence-corrected chi connectivity index (χ1v) is 8.71. The van der Waals surface area contributed by atoms with Crippen LogP contribution in [0.25, 0.3) is 16.6 Å². The lowest BCUT2D eigenvalue weighted by molar-refractivity contribution is -0.117. The van der Waals surface area contributed by atoms with Gasteiger partial charge in [-0.2, -0.15) is 0 Å². The summed E-state index contributed by atoms with van der Waals surface area (Å²) in [5.41, 5.74) is 2.49. The van der Waals surface area contributed by atoms with Crippen LogP contribution in [-0.4, -0.2) is 25.1 Å². The summed E-state index contributed by atoms with van der Waals surface area (Å²) in [5.74, 6) is -0.325. The Hall–Kier alpha value is -3.00. The van der Waals surface area contributed by atoms with Crippen molar-refractivity contribution in [3.8, 4) is 0 Å². The molecule has 4 aromatic rings. The van der Waals surface area contributed by atoms with Gasteiger partial charge >= 0.3 is 5.69 Å². The molecular formula is C18H14BrN5O2. The van der Waals surface area contributed by atoms with E-state index in [1.165, 1.54) is 10.7 Å². The van der Waals surface area contributed by atoms with Crippen LogP contribution in [0, 0.1) is 6.92 Å².